The fourth-order valence-electron chi connectivity index (χ4n) is 0.838. The fourth-order valence-corrected chi connectivity index (χ4v) is 4.98. The minimum Gasteiger partial charge on any atom is -0.450 e. The molecule has 0 aromatic heterocycles. The molecular formula is C6H19NOSi2. The maximum absolute atomic E-state index is 5.70. The molecular weight excluding hydrogens is 158 g/mol. The first-order valence-corrected chi connectivity index (χ1v) is 8.91. The van der Waals surface area contributed by atoms with Gasteiger partial charge in [-0.1, -0.05) is 13.5 Å². The first-order valence-electron chi connectivity index (χ1n) is 4.01. The Kier molecular flexibility index (Phi) is 5.24. The van der Waals surface area contributed by atoms with Crippen LogP contribution < -0.4 is 4.98 Å². The number of hydrogen-bond donors (Lipinski definition) is 1. The normalized spacial score (nSPS) is 13.2. The molecule has 0 amide bonds. The Balaban J connectivity index is 3.42. The largest absolute Gasteiger partial charge is 0.450 e. The molecule has 0 radical (unpaired) electrons. The standard InChI is InChI=1S/C6H19NOSi2/c1-5-6-7-10(3,4)8-9-2/h7H,5-6,9H2,1-4H3. The van der Waals surface area contributed by atoms with E-state index in [-0.39, 0.29) is 9.76 Å². The second kappa shape index (κ2) is 5.06. The van der Waals surface area contributed by atoms with E-state index in [2.05, 4.69) is 31.5 Å². The van der Waals surface area contributed by atoms with E-state index in [1.807, 2.05) is 0 Å². The summed E-state index contributed by atoms with van der Waals surface area (Å²) in [6.45, 7) is 9.91. The highest BCUT2D eigenvalue weighted by Gasteiger charge is 2.19. The quantitative estimate of drug-likeness (QED) is 0.628. The molecule has 0 saturated carbocycles. The van der Waals surface area contributed by atoms with Gasteiger partial charge >= 0.3 is 0 Å². The van der Waals surface area contributed by atoms with Crippen molar-refractivity contribution in [3.63, 3.8) is 0 Å². The number of rotatable bonds is 5. The summed E-state index contributed by atoms with van der Waals surface area (Å²) < 4.78 is 5.70. The van der Waals surface area contributed by atoms with E-state index in [0.717, 1.165) is 6.54 Å². The Morgan fingerprint density at radius 2 is 2.10 bits per heavy atom. The molecule has 0 unspecified atom stereocenters. The van der Waals surface area contributed by atoms with E-state index in [0.29, 0.717) is 0 Å². The minimum absolute atomic E-state index is 0.219. The molecule has 1 N–H and O–H groups in total. The van der Waals surface area contributed by atoms with Gasteiger partial charge in [-0.2, -0.15) is 0 Å². The average Bonchev–Trinajstić information content (AvgIpc) is 1.84. The molecule has 10 heavy (non-hydrogen) atoms. The lowest BCUT2D eigenvalue weighted by molar-refractivity contribution is 0.561. The van der Waals surface area contributed by atoms with Gasteiger partial charge in [-0.15, -0.1) is 0 Å². The second-order valence-electron chi connectivity index (χ2n) is 2.87. The molecule has 0 fully saturated rings. The molecule has 4 heteroatoms. The van der Waals surface area contributed by atoms with Gasteiger partial charge in [-0.3, -0.25) is 0 Å². The predicted octanol–water partition coefficient (Wildman–Crippen LogP) is 0.836. The summed E-state index contributed by atoms with van der Waals surface area (Å²) in [6.07, 6.45) is 1.20. The van der Waals surface area contributed by atoms with Crippen LogP contribution in [0.2, 0.25) is 19.6 Å². The molecule has 0 rings (SSSR count). The first-order chi connectivity index (χ1) is 4.62. The zero-order chi connectivity index (χ0) is 8.04. The van der Waals surface area contributed by atoms with Gasteiger partial charge in [0.15, 0.2) is 0 Å². The zero-order valence-corrected chi connectivity index (χ0v) is 9.94. The lowest BCUT2D eigenvalue weighted by Gasteiger charge is -2.23. The van der Waals surface area contributed by atoms with Crippen LogP contribution in [0.15, 0.2) is 0 Å². The van der Waals surface area contributed by atoms with Gasteiger partial charge in [-0.25, -0.2) is 0 Å². The number of hydrogen-bond acceptors (Lipinski definition) is 2. The summed E-state index contributed by atoms with van der Waals surface area (Å²) in [5.74, 6) is 0. The van der Waals surface area contributed by atoms with Gasteiger partial charge in [0.1, 0.15) is 9.76 Å². The van der Waals surface area contributed by atoms with Gasteiger partial charge in [0.25, 0.3) is 8.48 Å². The van der Waals surface area contributed by atoms with E-state index < -0.39 is 8.48 Å². The third kappa shape index (κ3) is 5.16. The van der Waals surface area contributed by atoms with Crippen LogP contribution in [0.4, 0.5) is 0 Å². The predicted molar refractivity (Wildman–Crippen MR) is 51.3 cm³/mol. The van der Waals surface area contributed by atoms with Crippen molar-refractivity contribution in [3.05, 3.63) is 0 Å². The van der Waals surface area contributed by atoms with Crippen LogP contribution in [-0.4, -0.2) is 24.8 Å². The van der Waals surface area contributed by atoms with Crippen LogP contribution in [-0.2, 0) is 4.12 Å². The van der Waals surface area contributed by atoms with Crippen LogP contribution in [0.1, 0.15) is 13.3 Å². The third-order valence-electron chi connectivity index (χ3n) is 1.31. The fraction of sp³-hybridized carbons (Fsp3) is 1.00. The molecule has 0 atom stereocenters. The van der Waals surface area contributed by atoms with Crippen molar-refractivity contribution in [2.75, 3.05) is 6.54 Å². The first kappa shape index (κ1) is 10.4. The molecule has 0 saturated heterocycles. The zero-order valence-electron chi connectivity index (χ0n) is 7.53. The highest BCUT2D eigenvalue weighted by Crippen LogP contribution is 1.97. The van der Waals surface area contributed by atoms with Crippen LogP contribution in [0.3, 0.4) is 0 Å². The number of nitrogens with one attached hydrogen (secondary N) is 1. The third-order valence-corrected chi connectivity index (χ3v) is 6.45. The summed E-state index contributed by atoms with van der Waals surface area (Å²) in [6, 6.07) is 0. The molecule has 0 aliphatic heterocycles. The van der Waals surface area contributed by atoms with E-state index in [9.17, 15) is 0 Å². The summed E-state index contributed by atoms with van der Waals surface area (Å²) >= 11 is 0. The van der Waals surface area contributed by atoms with Crippen molar-refractivity contribution in [3.8, 4) is 0 Å². The summed E-state index contributed by atoms with van der Waals surface area (Å²) in [5.41, 5.74) is 0. The molecule has 0 spiro atoms. The van der Waals surface area contributed by atoms with E-state index in [1.165, 1.54) is 6.42 Å². The molecule has 0 aliphatic rings. The summed E-state index contributed by atoms with van der Waals surface area (Å²) in [5, 5.41) is 0. The van der Waals surface area contributed by atoms with E-state index in [4.69, 9.17) is 4.12 Å². The van der Waals surface area contributed by atoms with Gasteiger partial charge in [0.2, 0.25) is 0 Å². The maximum atomic E-state index is 5.70. The van der Waals surface area contributed by atoms with Crippen LogP contribution in [0.25, 0.3) is 0 Å². The highest BCUT2D eigenvalue weighted by atomic mass is 28.4. The Bertz CT molecular complexity index is 87.8. The lowest BCUT2D eigenvalue weighted by Crippen LogP contribution is -2.48. The maximum Gasteiger partial charge on any atom is 0.251 e. The summed E-state index contributed by atoms with van der Waals surface area (Å²) in [7, 11) is -1.63. The molecule has 2 nitrogen and oxygen atoms in total. The second-order valence-corrected chi connectivity index (χ2v) is 7.98. The highest BCUT2D eigenvalue weighted by molar-refractivity contribution is 6.72. The van der Waals surface area contributed by atoms with Crippen LogP contribution >= 0.6 is 0 Å². The molecule has 0 aromatic rings. The Hall–Kier alpha value is 0.354. The topological polar surface area (TPSA) is 21.3 Å². The van der Waals surface area contributed by atoms with Gasteiger partial charge < -0.3 is 9.10 Å². The smallest absolute Gasteiger partial charge is 0.251 e. The average molecular weight is 177 g/mol. The molecule has 0 aliphatic carbocycles. The van der Waals surface area contributed by atoms with Crippen LogP contribution in [0, 0.1) is 0 Å². The lowest BCUT2D eigenvalue weighted by atomic mass is 10.5. The van der Waals surface area contributed by atoms with Crippen molar-refractivity contribution >= 4 is 18.2 Å². The van der Waals surface area contributed by atoms with Crippen molar-refractivity contribution in [2.24, 2.45) is 0 Å². The van der Waals surface area contributed by atoms with E-state index in [1.54, 1.807) is 0 Å². The van der Waals surface area contributed by atoms with Crippen molar-refractivity contribution in [1.82, 2.24) is 4.98 Å². The van der Waals surface area contributed by atoms with Crippen molar-refractivity contribution < 1.29 is 4.12 Å². The van der Waals surface area contributed by atoms with Crippen molar-refractivity contribution in [2.45, 2.75) is 33.0 Å². The molecule has 0 bridgehead atoms. The van der Waals surface area contributed by atoms with Crippen molar-refractivity contribution in [1.29, 1.82) is 0 Å². The monoisotopic (exact) mass is 177 g/mol. The minimum atomic E-state index is -1.41. The van der Waals surface area contributed by atoms with Gasteiger partial charge in [-0.05, 0) is 26.1 Å². The SMILES string of the molecule is CCCN[Si](C)(C)O[SiH2]C. The van der Waals surface area contributed by atoms with E-state index >= 15 is 0 Å². The summed E-state index contributed by atoms with van der Waals surface area (Å²) in [4.78, 5) is 3.46. The Labute approximate surface area is 67.5 Å². The molecule has 62 valence electrons. The van der Waals surface area contributed by atoms with Gasteiger partial charge in [0, 0.05) is 0 Å². The Morgan fingerprint density at radius 3 is 2.50 bits per heavy atom. The van der Waals surface area contributed by atoms with Gasteiger partial charge in [0.05, 0.1) is 0 Å². The van der Waals surface area contributed by atoms with Crippen LogP contribution in [0.5, 0.6) is 0 Å². The molecule has 0 aromatic carbocycles. The molecule has 0 heterocycles. The Morgan fingerprint density at radius 1 is 1.50 bits per heavy atom.